The summed E-state index contributed by atoms with van der Waals surface area (Å²) in [6.07, 6.45) is 12.5. The molecule has 5 aromatic rings. The first-order valence-electron chi connectivity index (χ1n) is 14.4. The van der Waals surface area contributed by atoms with E-state index in [9.17, 15) is 4.79 Å². The summed E-state index contributed by atoms with van der Waals surface area (Å²) < 4.78 is 9.99. The summed E-state index contributed by atoms with van der Waals surface area (Å²) in [7, 11) is 0. The molecule has 42 heavy (non-hydrogen) atoms. The normalized spacial score (nSPS) is 17.5. The zero-order valence-electron chi connectivity index (χ0n) is 23.3. The molecule has 0 spiro atoms. The van der Waals surface area contributed by atoms with Crippen molar-refractivity contribution in [1.29, 1.82) is 0 Å². The zero-order valence-corrected chi connectivity index (χ0v) is 23.3. The first-order valence-corrected chi connectivity index (χ1v) is 14.4. The highest BCUT2D eigenvalue weighted by Gasteiger charge is 2.34. The Balaban J connectivity index is 1.50. The Labute approximate surface area is 244 Å². The highest BCUT2D eigenvalue weighted by Crippen LogP contribution is 2.40. The van der Waals surface area contributed by atoms with Crippen LogP contribution in [-0.2, 0) is 16.1 Å². The predicted octanol–water partition coefficient (Wildman–Crippen LogP) is 7.53. The molecule has 0 saturated carbocycles. The van der Waals surface area contributed by atoms with E-state index in [0.29, 0.717) is 11.3 Å². The Bertz CT molecular complexity index is 1830. The minimum atomic E-state index is -0.379. The Morgan fingerprint density at radius 2 is 1.48 bits per heavy atom. The van der Waals surface area contributed by atoms with E-state index in [0.717, 1.165) is 52.6 Å². The second-order valence-corrected chi connectivity index (χ2v) is 10.5. The third-order valence-corrected chi connectivity index (χ3v) is 7.69. The molecule has 0 N–H and O–H groups in total. The number of hydrogen-bond donors (Lipinski definition) is 0. The van der Waals surface area contributed by atoms with Crippen molar-refractivity contribution in [2.24, 2.45) is 5.92 Å². The van der Waals surface area contributed by atoms with Gasteiger partial charge in [-0.15, -0.1) is 0 Å². The third kappa shape index (κ3) is 4.61. The fourth-order valence-corrected chi connectivity index (χ4v) is 5.73. The van der Waals surface area contributed by atoms with Gasteiger partial charge in [0.05, 0.1) is 28.2 Å². The molecule has 206 valence electrons. The van der Waals surface area contributed by atoms with Crippen LogP contribution in [0.4, 0.5) is 0 Å². The van der Waals surface area contributed by atoms with Gasteiger partial charge in [-0.25, -0.2) is 14.5 Å². The SMILES string of the molecule is CCCn1c(-c2cn(-c3ccccc3)nc2C2=CC3C=CC=CC3OC2=O)nc(-c2ccccc2)c1-c1ccccc1. The number of imidazole rings is 1. The largest absolute Gasteiger partial charge is 0.454 e. The van der Waals surface area contributed by atoms with Crippen molar-refractivity contribution in [3.63, 3.8) is 0 Å². The summed E-state index contributed by atoms with van der Waals surface area (Å²) in [6.45, 7) is 2.91. The lowest BCUT2D eigenvalue weighted by Crippen LogP contribution is -2.29. The molecule has 1 aliphatic carbocycles. The molecule has 6 heteroatoms. The Kier molecular flexibility index (Phi) is 6.72. The Hall–Kier alpha value is -5.23. The maximum atomic E-state index is 13.5. The summed E-state index contributed by atoms with van der Waals surface area (Å²) in [4.78, 5) is 18.8. The second kappa shape index (κ2) is 11.0. The van der Waals surface area contributed by atoms with Crippen molar-refractivity contribution in [2.75, 3.05) is 0 Å². The summed E-state index contributed by atoms with van der Waals surface area (Å²) in [5.41, 5.74) is 6.74. The van der Waals surface area contributed by atoms with Gasteiger partial charge in [0.1, 0.15) is 17.6 Å². The molecule has 1 aliphatic heterocycles. The van der Waals surface area contributed by atoms with Crippen molar-refractivity contribution in [2.45, 2.75) is 26.0 Å². The number of hydrogen-bond acceptors (Lipinski definition) is 4. The molecule has 7 rings (SSSR count). The number of ether oxygens (including phenoxy) is 1. The summed E-state index contributed by atoms with van der Waals surface area (Å²) in [5, 5.41) is 5.01. The van der Waals surface area contributed by atoms with Crippen LogP contribution >= 0.6 is 0 Å². The van der Waals surface area contributed by atoms with Gasteiger partial charge in [0.15, 0.2) is 0 Å². The molecule has 2 aliphatic rings. The monoisotopic (exact) mass is 550 g/mol. The highest BCUT2D eigenvalue weighted by molar-refractivity contribution is 6.18. The van der Waals surface area contributed by atoms with E-state index in [1.807, 2.05) is 89.8 Å². The number of aromatic nitrogens is 4. The molecule has 3 heterocycles. The van der Waals surface area contributed by atoms with Crippen LogP contribution in [0.25, 0.3) is 45.2 Å². The summed E-state index contributed by atoms with van der Waals surface area (Å²) in [6, 6.07) is 30.6. The average Bonchev–Trinajstić information content (AvgIpc) is 3.64. The van der Waals surface area contributed by atoms with Gasteiger partial charge < -0.3 is 9.30 Å². The molecule has 2 unspecified atom stereocenters. The number of esters is 1. The van der Waals surface area contributed by atoms with E-state index in [1.54, 1.807) is 0 Å². The van der Waals surface area contributed by atoms with E-state index in [1.165, 1.54) is 0 Å². The quantitative estimate of drug-likeness (QED) is 0.197. The van der Waals surface area contributed by atoms with Gasteiger partial charge in [-0.1, -0.05) is 110 Å². The Morgan fingerprint density at radius 3 is 2.19 bits per heavy atom. The van der Waals surface area contributed by atoms with Crippen LogP contribution < -0.4 is 0 Å². The second-order valence-electron chi connectivity index (χ2n) is 10.5. The fraction of sp³-hybridized carbons (Fsp3) is 0.139. The van der Waals surface area contributed by atoms with Gasteiger partial charge in [-0.05, 0) is 24.6 Å². The fourth-order valence-electron chi connectivity index (χ4n) is 5.73. The molecule has 0 amide bonds. The minimum absolute atomic E-state index is 0.0485. The highest BCUT2D eigenvalue weighted by atomic mass is 16.5. The molecule has 0 radical (unpaired) electrons. The topological polar surface area (TPSA) is 61.9 Å². The average molecular weight is 551 g/mol. The molecular formula is C36H30N4O2. The lowest BCUT2D eigenvalue weighted by Gasteiger charge is -2.27. The van der Waals surface area contributed by atoms with Crippen LogP contribution in [0.15, 0.2) is 128 Å². The number of rotatable bonds is 7. The van der Waals surface area contributed by atoms with Crippen LogP contribution in [0.1, 0.15) is 19.0 Å². The first-order chi connectivity index (χ1) is 20.7. The van der Waals surface area contributed by atoms with Crippen LogP contribution in [0, 0.1) is 5.92 Å². The maximum absolute atomic E-state index is 13.5. The van der Waals surface area contributed by atoms with E-state index in [4.69, 9.17) is 14.8 Å². The number of allylic oxidation sites excluding steroid dienone is 2. The molecule has 0 saturated heterocycles. The van der Waals surface area contributed by atoms with Gasteiger partial charge >= 0.3 is 5.97 Å². The number of nitrogens with zero attached hydrogens (tertiary/aromatic N) is 4. The molecule has 2 aromatic heterocycles. The van der Waals surface area contributed by atoms with Gasteiger partial charge in [0.25, 0.3) is 0 Å². The van der Waals surface area contributed by atoms with E-state index in [-0.39, 0.29) is 18.0 Å². The number of fused-ring (bicyclic) bond motifs is 1. The minimum Gasteiger partial charge on any atom is -0.454 e. The number of benzene rings is 3. The van der Waals surface area contributed by atoms with Crippen molar-refractivity contribution in [3.8, 4) is 39.6 Å². The first kappa shape index (κ1) is 25.7. The van der Waals surface area contributed by atoms with E-state index in [2.05, 4.69) is 54.0 Å². The maximum Gasteiger partial charge on any atom is 0.340 e. The molecule has 2 atom stereocenters. The smallest absolute Gasteiger partial charge is 0.340 e. The predicted molar refractivity (Wildman–Crippen MR) is 166 cm³/mol. The number of para-hydroxylation sites is 1. The van der Waals surface area contributed by atoms with E-state index >= 15 is 0 Å². The van der Waals surface area contributed by atoms with Crippen molar-refractivity contribution in [3.05, 3.63) is 133 Å². The lowest BCUT2D eigenvalue weighted by molar-refractivity contribution is -0.141. The number of carbonyl (C=O) groups excluding carboxylic acids is 1. The molecule has 0 bridgehead atoms. The van der Waals surface area contributed by atoms with E-state index < -0.39 is 0 Å². The summed E-state index contributed by atoms with van der Waals surface area (Å²) >= 11 is 0. The van der Waals surface area contributed by atoms with Gasteiger partial charge in [-0.2, -0.15) is 5.10 Å². The summed E-state index contributed by atoms with van der Waals surface area (Å²) in [5.74, 6) is 0.338. The number of carbonyl (C=O) groups is 1. The van der Waals surface area contributed by atoms with Crippen LogP contribution in [-0.4, -0.2) is 31.4 Å². The van der Waals surface area contributed by atoms with Crippen LogP contribution in [0.3, 0.4) is 0 Å². The zero-order chi connectivity index (χ0) is 28.5. The lowest BCUT2D eigenvalue weighted by atomic mass is 9.91. The molecular weight excluding hydrogens is 520 g/mol. The van der Waals surface area contributed by atoms with Crippen molar-refractivity contribution in [1.82, 2.24) is 19.3 Å². The van der Waals surface area contributed by atoms with Gasteiger partial charge in [-0.3, -0.25) is 0 Å². The van der Waals surface area contributed by atoms with Crippen molar-refractivity contribution >= 4 is 11.5 Å². The van der Waals surface area contributed by atoms with Crippen LogP contribution in [0.2, 0.25) is 0 Å². The standard InChI is InChI=1S/C36H30N4O2/c1-2-22-39-34(26-16-8-4-9-17-26)32(25-14-6-3-7-15-25)37-35(39)30-24-40(28-19-10-5-11-20-28)38-33(30)29-23-27-18-12-13-21-31(27)42-36(29)41/h3-21,23-24,27,31H,2,22H2,1H3. The molecule has 0 fully saturated rings. The van der Waals surface area contributed by atoms with Gasteiger partial charge in [0, 0.05) is 29.8 Å². The van der Waals surface area contributed by atoms with Crippen molar-refractivity contribution < 1.29 is 9.53 Å². The Morgan fingerprint density at radius 1 is 0.810 bits per heavy atom. The van der Waals surface area contributed by atoms with Gasteiger partial charge in [0.2, 0.25) is 0 Å². The van der Waals surface area contributed by atoms with Crippen LogP contribution in [0.5, 0.6) is 0 Å². The third-order valence-electron chi connectivity index (χ3n) is 7.69. The molecule has 3 aromatic carbocycles. The molecule has 6 nitrogen and oxygen atoms in total.